The largest absolute Gasteiger partial charge is 0.367 e. The van der Waals surface area contributed by atoms with Gasteiger partial charge in [-0.25, -0.2) is 23.4 Å². The van der Waals surface area contributed by atoms with E-state index in [-0.39, 0.29) is 15.6 Å². The molecule has 1 aliphatic heterocycles. The molecule has 1 aromatic heterocycles. The molecule has 31 heavy (non-hydrogen) atoms. The number of hydrogen-bond donors (Lipinski definition) is 1. The molecule has 1 aliphatic rings. The first-order valence-corrected chi connectivity index (χ1v) is 11.5. The molecule has 0 unspecified atom stereocenters. The molecule has 0 amide bonds. The molecular formula is C23H25N5O2S. The average Bonchev–Trinajstić information content (AvgIpc) is 2.81. The van der Waals surface area contributed by atoms with Gasteiger partial charge in [0.05, 0.1) is 10.6 Å². The Kier molecular flexibility index (Phi) is 5.60. The van der Waals surface area contributed by atoms with Crippen LogP contribution in [-0.2, 0) is 9.84 Å². The molecule has 0 aliphatic carbocycles. The summed E-state index contributed by atoms with van der Waals surface area (Å²) in [5.74, 6) is 0.407. The standard InChI is InChI=1S/C23H25N5O2S/c1-15-5-8-17(9-6-15)20-18-13-16(2)7-10-19(18)31(29,30)23-21(27-20)22(25-14-26-23)24-11-12-28(3)4/h5-10,13-14H,11-12H2,1-4H3,(H,24,25,26). The van der Waals surface area contributed by atoms with E-state index in [1.807, 2.05) is 63.2 Å². The van der Waals surface area contributed by atoms with Gasteiger partial charge in [-0.3, -0.25) is 0 Å². The van der Waals surface area contributed by atoms with Crippen LogP contribution in [0.5, 0.6) is 0 Å². The van der Waals surface area contributed by atoms with Crippen molar-refractivity contribution in [3.05, 3.63) is 71.0 Å². The Morgan fingerprint density at radius 1 is 0.968 bits per heavy atom. The third kappa shape index (κ3) is 4.08. The van der Waals surface area contributed by atoms with Crippen LogP contribution in [0.2, 0.25) is 0 Å². The van der Waals surface area contributed by atoms with Gasteiger partial charge in [-0.05, 0) is 40.1 Å². The van der Waals surface area contributed by atoms with Crippen molar-refractivity contribution in [2.75, 3.05) is 32.5 Å². The van der Waals surface area contributed by atoms with E-state index in [1.54, 1.807) is 12.1 Å². The first-order chi connectivity index (χ1) is 14.8. The fourth-order valence-electron chi connectivity index (χ4n) is 3.46. The summed E-state index contributed by atoms with van der Waals surface area (Å²) in [6, 6.07) is 13.2. The van der Waals surface area contributed by atoms with Crippen LogP contribution in [0, 0.1) is 13.8 Å². The van der Waals surface area contributed by atoms with E-state index in [0.29, 0.717) is 23.6 Å². The van der Waals surface area contributed by atoms with Gasteiger partial charge in [-0.1, -0.05) is 41.5 Å². The van der Waals surface area contributed by atoms with Crippen LogP contribution < -0.4 is 5.32 Å². The first-order valence-electron chi connectivity index (χ1n) is 10.0. The van der Waals surface area contributed by atoms with Crippen LogP contribution in [-0.4, -0.2) is 56.2 Å². The van der Waals surface area contributed by atoms with Crippen LogP contribution in [0.4, 0.5) is 11.5 Å². The minimum absolute atomic E-state index is 0.0814. The van der Waals surface area contributed by atoms with E-state index in [0.717, 1.165) is 23.2 Å². The highest BCUT2D eigenvalue weighted by atomic mass is 32.2. The van der Waals surface area contributed by atoms with Crippen molar-refractivity contribution >= 4 is 27.1 Å². The van der Waals surface area contributed by atoms with Crippen molar-refractivity contribution in [1.82, 2.24) is 14.9 Å². The Morgan fingerprint density at radius 3 is 2.39 bits per heavy atom. The van der Waals surface area contributed by atoms with Crippen molar-refractivity contribution in [3.8, 4) is 0 Å². The number of benzene rings is 2. The molecule has 4 rings (SSSR count). The molecule has 0 atom stereocenters. The Bertz CT molecular complexity index is 1270. The van der Waals surface area contributed by atoms with Crippen LogP contribution in [0.1, 0.15) is 22.3 Å². The van der Waals surface area contributed by atoms with E-state index >= 15 is 0 Å². The molecular weight excluding hydrogens is 410 g/mol. The highest BCUT2D eigenvalue weighted by Crippen LogP contribution is 2.39. The lowest BCUT2D eigenvalue weighted by molar-refractivity contribution is 0.425. The van der Waals surface area contributed by atoms with Gasteiger partial charge in [0.1, 0.15) is 12.0 Å². The van der Waals surface area contributed by atoms with Crippen molar-refractivity contribution in [1.29, 1.82) is 0 Å². The van der Waals surface area contributed by atoms with Crippen LogP contribution in [0.25, 0.3) is 0 Å². The number of aliphatic imine (C=N–C) groups is 1. The zero-order valence-corrected chi connectivity index (χ0v) is 18.9. The maximum absolute atomic E-state index is 13.6. The van der Waals surface area contributed by atoms with Gasteiger partial charge in [-0.15, -0.1) is 0 Å². The van der Waals surface area contributed by atoms with Crippen molar-refractivity contribution in [2.24, 2.45) is 4.99 Å². The second kappa shape index (κ2) is 8.20. The highest BCUT2D eigenvalue weighted by molar-refractivity contribution is 7.91. The Hall–Kier alpha value is -3.10. The van der Waals surface area contributed by atoms with E-state index in [2.05, 4.69) is 15.3 Å². The fourth-order valence-corrected chi connectivity index (χ4v) is 4.94. The molecule has 0 radical (unpaired) electrons. The summed E-state index contributed by atoms with van der Waals surface area (Å²) in [5.41, 5.74) is 4.31. The predicted molar refractivity (Wildman–Crippen MR) is 122 cm³/mol. The van der Waals surface area contributed by atoms with Crippen LogP contribution >= 0.6 is 0 Å². The third-order valence-corrected chi connectivity index (χ3v) is 6.87. The van der Waals surface area contributed by atoms with Gasteiger partial charge in [0, 0.05) is 24.2 Å². The number of rotatable bonds is 5. The average molecular weight is 436 g/mol. The number of nitrogens with zero attached hydrogens (tertiary/aromatic N) is 4. The van der Waals surface area contributed by atoms with Crippen molar-refractivity contribution in [2.45, 2.75) is 23.8 Å². The normalized spacial score (nSPS) is 14.4. The van der Waals surface area contributed by atoms with Gasteiger partial charge in [0.15, 0.2) is 10.8 Å². The number of anilines is 1. The Labute approximate surface area is 182 Å². The summed E-state index contributed by atoms with van der Waals surface area (Å²) in [6.45, 7) is 5.31. The maximum Gasteiger partial charge on any atom is 0.226 e. The minimum atomic E-state index is -3.88. The minimum Gasteiger partial charge on any atom is -0.367 e. The molecule has 160 valence electrons. The molecule has 0 spiro atoms. The number of fused-ring (bicyclic) bond motifs is 2. The van der Waals surface area contributed by atoms with Gasteiger partial charge >= 0.3 is 0 Å². The fraction of sp³-hybridized carbons (Fsp3) is 0.261. The molecule has 0 saturated heterocycles. The lowest BCUT2D eigenvalue weighted by Gasteiger charge is -2.13. The van der Waals surface area contributed by atoms with E-state index in [4.69, 9.17) is 4.99 Å². The zero-order valence-electron chi connectivity index (χ0n) is 18.0. The summed E-state index contributed by atoms with van der Waals surface area (Å²) in [5, 5.41) is 3.14. The predicted octanol–water partition coefficient (Wildman–Crippen LogP) is 3.38. The monoisotopic (exact) mass is 435 g/mol. The topological polar surface area (TPSA) is 87.6 Å². The Morgan fingerprint density at radius 2 is 1.68 bits per heavy atom. The second-order valence-electron chi connectivity index (χ2n) is 7.94. The molecule has 3 aromatic rings. The molecule has 8 heteroatoms. The molecule has 1 N–H and O–H groups in total. The molecule has 0 fully saturated rings. The third-order valence-electron chi connectivity index (χ3n) is 5.12. The summed E-state index contributed by atoms with van der Waals surface area (Å²) < 4.78 is 27.2. The highest BCUT2D eigenvalue weighted by Gasteiger charge is 2.33. The van der Waals surface area contributed by atoms with Gasteiger partial charge in [0.25, 0.3) is 0 Å². The summed E-state index contributed by atoms with van der Waals surface area (Å²) in [6.07, 6.45) is 1.27. The number of aromatic nitrogens is 2. The summed E-state index contributed by atoms with van der Waals surface area (Å²) >= 11 is 0. The first kappa shape index (κ1) is 21.1. The van der Waals surface area contributed by atoms with Gasteiger partial charge in [-0.2, -0.15) is 0 Å². The van der Waals surface area contributed by atoms with Crippen molar-refractivity contribution in [3.63, 3.8) is 0 Å². The van der Waals surface area contributed by atoms with E-state index < -0.39 is 9.84 Å². The van der Waals surface area contributed by atoms with Crippen LogP contribution in [0.15, 0.2) is 63.7 Å². The molecule has 0 saturated carbocycles. The van der Waals surface area contributed by atoms with Gasteiger partial charge < -0.3 is 10.2 Å². The Balaban J connectivity index is 1.98. The summed E-state index contributed by atoms with van der Waals surface area (Å²) in [7, 11) is 0.0593. The number of nitrogens with one attached hydrogen (secondary N) is 1. The molecule has 7 nitrogen and oxygen atoms in total. The number of sulfone groups is 1. The maximum atomic E-state index is 13.6. The number of hydrogen-bond acceptors (Lipinski definition) is 7. The quantitative estimate of drug-likeness (QED) is 0.484. The van der Waals surface area contributed by atoms with E-state index in [1.165, 1.54) is 6.33 Å². The number of likely N-dealkylation sites (N-methyl/N-ethyl adjacent to an activating group) is 1. The van der Waals surface area contributed by atoms with Gasteiger partial charge in [0.2, 0.25) is 9.84 Å². The van der Waals surface area contributed by atoms with E-state index in [9.17, 15) is 8.42 Å². The zero-order chi connectivity index (χ0) is 22.2. The van der Waals surface area contributed by atoms with Crippen LogP contribution in [0.3, 0.4) is 0 Å². The molecule has 2 heterocycles. The lowest BCUT2D eigenvalue weighted by atomic mass is 9.99. The molecule has 2 aromatic carbocycles. The van der Waals surface area contributed by atoms with Crippen molar-refractivity contribution < 1.29 is 8.42 Å². The SMILES string of the molecule is Cc1ccc(C2=Nc3c(NCCN(C)C)ncnc3S(=O)(=O)c3ccc(C)cc32)cc1. The molecule has 0 bridgehead atoms. The smallest absolute Gasteiger partial charge is 0.226 e. The second-order valence-corrected chi connectivity index (χ2v) is 9.77. The lowest BCUT2D eigenvalue weighted by Crippen LogP contribution is -2.21. The summed E-state index contributed by atoms with van der Waals surface area (Å²) in [4.78, 5) is 15.5. The number of aryl methyl sites for hydroxylation is 2.